The molecule has 0 heterocycles. The number of amides is 2. The Kier molecular flexibility index (Phi) is 5.85. The Hall–Kier alpha value is -3.46. The van der Waals surface area contributed by atoms with Gasteiger partial charge >= 0.3 is 17.5 Å². The van der Waals surface area contributed by atoms with Gasteiger partial charge in [-0.1, -0.05) is 11.6 Å². The van der Waals surface area contributed by atoms with Gasteiger partial charge in [0.1, 0.15) is 5.75 Å². The van der Waals surface area contributed by atoms with Gasteiger partial charge in [0.05, 0.1) is 11.1 Å². The molecule has 1 aliphatic carbocycles. The van der Waals surface area contributed by atoms with Crippen LogP contribution in [-0.4, -0.2) is 29.0 Å². The Morgan fingerprint density at radius 3 is 2.54 bits per heavy atom. The van der Waals surface area contributed by atoms with E-state index in [2.05, 4.69) is 15.8 Å². The lowest BCUT2D eigenvalue weighted by molar-refractivity contribution is -0.385. The molecule has 0 aromatic heterocycles. The summed E-state index contributed by atoms with van der Waals surface area (Å²) in [4.78, 5) is 33.5. The van der Waals surface area contributed by atoms with Crippen LogP contribution in [0.4, 0.5) is 5.69 Å². The first kappa shape index (κ1) is 19.3. The molecule has 2 N–H and O–H groups in total. The molecule has 0 spiro atoms. The molecular weight excluding hydrogens is 388 g/mol. The highest BCUT2D eigenvalue weighted by Gasteiger charge is 2.26. The summed E-state index contributed by atoms with van der Waals surface area (Å²) in [5, 5.41) is 17.6. The van der Waals surface area contributed by atoms with Crippen molar-refractivity contribution in [3.8, 4) is 11.5 Å². The summed E-state index contributed by atoms with van der Waals surface area (Å²) in [6.45, 7) is 0. The molecule has 0 aliphatic heterocycles. The fourth-order valence-corrected chi connectivity index (χ4v) is 2.33. The molecule has 144 valence electrons. The summed E-state index contributed by atoms with van der Waals surface area (Å²) in [7, 11) is 0. The van der Waals surface area contributed by atoms with Gasteiger partial charge in [-0.3, -0.25) is 19.7 Å². The molecule has 1 saturated carbocycles. The normalized spacial score (nSPS) is 13.2. The zero-order valence-electron chi connectivity index (χ0n) is 14.4. The van der Waals surface area contributed by atoms with Crippen LogP contribution in [0.15, 0.2) is 47.6 Å². The van der Waals surface area contributed by atoms with Crippen molar-refractivity contribution in [2.45, 2.75) is 18.9 Å². The van der Waals surface area contributed by atoms with E-state index in [1.807, 2.05) is 0 Å². The minimum atomic E-state index is -0.835. The van der Waals surface area contributed by atoms with E-state index in [9.17, 15) is 19.7 Å². The van der Waals surface area contributed by atoms with Crippen molar-refractivity contribution in [2.24, 2.45) is 5.10 Å². The largest absolute Gasteiger partial charge is 0.450 e. The number of benzene rings is 2. The lowest BCUT2D eigenvalue weighted by Crippen LogP contribution is -2.38. The summed E-state index contributed by atoms with van der Waals surface area (Å²) in [5.74, 6) is -1.12. The minimum Gasteiger partial charge on any atom is -0.450 e. The van der Waals surface area contributed by atoms with Crippen molar-refractivity contribution in [1.82, 2.24) is 10.7 Å². The molecule has 9 nitrogen and oxygen atoms in total. The summed E-state index contributed by atoms with van der Waals surface area (Å²) >= 11 is 5.77. The van der Waals surface area contributed by atoms with Gasteiger partial charge in [-0.05, 0) is 54.8 Å². The number of nitro benzene ring substituents is 1. The molecule has 0 saturated heterocycles. The average Bonchev–Trinajstić information content (AvgIpc) is 3.48. The van der Waals surface area contributed by atoms with Gasteiger partial charge in [0, 0.05) is 17.1 Å². The Balaban J connectivity index is 1.58. The smallest absolute Gasteiger partial charge is 0.329 e. The van der Waals surface area contributed by atoms with Crippen molar-refractivity contribution in [3.05, 3.63) is 63.2 Å². The number of hydrogen-bond donors (Lipinski definition) is 2. The third kappa shape index (κ3) is 5.27. The van der Waals surface area contributed by atoms with Crippen LogP contribution in [0.25, 0.3) is 0 Å². The number of nitro groups is 1. The first-order chi connectivity index (χ1) is 13.4. The fraction of sp³-hybridized carbons (Fsp3) is 0.167. The number of ether oxygens (including phenoxy) is 1. The zero-order chi connectivity index (χ0) is 20.1. The van der Waals surface area contributed by atoms with Crippen LogP contribution in [0.1, 0.15) is 18.4 Å². The lowest BCUT2D eigenvalue weighted by Gasteiger charge is -2.06. The lowest BCUT2D eigenvalue weighted by atomic mass is 10.2. The second-order valence-corrected chi connectivity index (χ2v) is 6.42. The Labute approximate surface area is 164 Å². The molecule has 2 aromatic rings. The van der Waals surface area contributed by atoms with Crippen molar-refractivity contribution in [3.63, 3.8) is 0 Å². The first-order valence-electron chi connectivity index (χ1n) is 8.28. The quantitative estimate of drug-likeness (QED) is 0.333. The SMILES string of the molecule is O=C(N/N=C\c1ccc(Oc2ccc(Cl)cc2[N+](=O)[O-])cc1)C(=O)NC1CC1. The van der Waals surface area contributed by atoms with E-state index in [-0.39, 0.29) is 22.5 Å². The molecule has 2 amide bonds. The standard InChI is InChI=1S/C18H15ClN4O5/c19-12-3-8-16(15(9-12)23(26)27)28-14-6-1-11(2-7-14)10-20-22-18(25)17(24)21-13-4-5-13/h1-3,6-10,13H,4-5H2,(H,21,24)(H,22,25)/b20-10-. The molecule has 10 heteroatoms. The number of nitrogens with one attached hydrogen (secondary N) is 2. The average molecular weight is 403 g/mol. The Morgan fingerprint density at radius 2 is 1.89 bits per heavy atom. The van der Waals surface area contributed by atoms with E-state index >= 15 is 0 Å². The molecule has 28 heavy (non-hydrogen) atoms. The first-order valence-corrected chi connectivity index (χ1v) is 8.66. The zero-order valence-corrected chi connectivity index (χ0v) is 15.2. The van der Waals surface area contributed by atoms with Gasteiger partial charge in [0.15, 0.2) is 0 Å². The van der Waals surface area contributed by atoms with Gasteiger partial charge in [0.25, 0.3) is 0 Å². The number of nitrogens with zero attached hydrogens (tertiary/aromatic N) is 2. The van der Waals surface area contributed by atoms with Crippen LogP contribution < -0.4 is 15.5 Å². The van der Waals surface area contributed by atoms with Crippen molar-refractivity contribution < 1.29 is 19.2 Å². The van der Waals surface area contributed by atoms with Gasteiger partial charge in [-0.2, -0.15) is 5.10 Å². The van der Waals surface area contributed by atoms with E-state index in [1.165, 1.54) is 24.4 Å². The molecular formula is C18H15ClN4O5. The van der Waals surface area contributed by atoms with Crippen LogP contribution in [0, 0.1) is 10.1 Å². The Bertz CT molecular complexity index is 941. The number of hydrogen-bond acceptors (Lipinski definition) is 6. The topological polar surface area (TPSA) is 123 Å². The van der Waals surface area contributed by atoms with E-state index in [0.29, 0.717) is 11.3 Å². The molecule has 0 radical (unpaired) electrons. The highest BCUT2D eigenvalue weighted by atomic mass is 35.5. The van der Waals surface area contributed by atoms with Crippen molar-refractivity contribution in [2.75, 3.05) is 0 Å². The van der Waals surface area contributed by atoms with Gasteiger partial charge < -0.3 is 10.1 Å². The van der Waals surface area contributed by atoms with E-state index < -0.39 is 16.7 Å². The predicted molar refractivity (Wildman–Crippen MR) is 102 cm³/mol. The minimum absolute atomic E-state index is 0.0600. The number of carbonyl (C=O) groups is 2. The molecule has 3 rings (SSSR count). The van der Waals surface area contributed by atoms with E-state index in [1.54, 1.807) is 24.3 Å². The van der Waals surface area contributed by atoms with Crippen LogP contribution in [0.3, 0.4) is 0 Å². The predicted octanol–water partition coefficient (Wildman–Crippen LogP) is 2.77. The highest BCUT2D eigenvalue weighted by molar-refractivity contribution is 6.35. The van der Waals surface area contributed by atoms with Crippen molar-refractivity contribution in [1.29, 1.82) is 0 Å². The maximum Gasteiger partial charge on any atom is 0.329 e. The second kappa shape index (κ2) is 8.49. The summed E-state index contributed by atoms with van der Waals surface area (Å²) in [6, 6.07) is 10.6. The maximum absolute atomic E-state index is 11.5. The maximum atomic E-state index is 11.5. The third-order valence-corrected chi connectivity index (χ3v) is 3.96. The van der Waals surface area contributed by atoms with Crippen LogP contribution in [0.2, 0.25) is 5.02 Å². The highest BCUT2D eigenvalue weighted by Crippen LogP contribution is 2.33. The van der Waals surface area contributed by atoms with Crippen LogP contribution in [-0.2, 0) is 9.59 Å². The van der Waals surface area contributed by atoms with E-state index in [4.69, 9.17) is 16.3 Å². The number of halogens is 1. The molecule has 0 bridgehead atoms. The van der Waals surface area contributed by atoms with Gasteiger partial charge in [0.2, 0.25) is 5.75 Å². The summed E-state index contributed by atoms with van der Waals surface area (Å²) in [6.07, 6.45) is 3.13. The third-order valence-electron chi connectivity index (χ3n) is 3.72. The summed E-state index contributed by atoms with van der Waals surface area (Å²) < 4.78 is 5.53. The number of carbonyl (C=O) groups excluding carboxylic acids is 2. The molecule has 1 aliphatic rings. The fourth-order valence-electron chi connectivity index (χ4n) is 2.16. The van der Waals surface area contributed by atoms with E-state index in [0.717, 1.165) is 12.8 Å². The molecule has 0 unspecified atom stereocenters. The monoisotopic (exact) mass is 402 g/mol. The van der Waals surface area contributed by atoms with Gasteiger partial charge in [-0.25, -0.2) is 5.43 Å². The summed E-state index contributed by atoms with van der Waals surface area (Å²) in [5.41, 5.74) is 2.52. The van der Waals surface area contributed by atoms with Crippen molar-refractivity contribution >= 4 is 35.3 Å². The molecule has 1 fully saturated rings. The molecule has 0 atom stereocenters. The second-order valence-electron chi connectivity index (χ2n) is 5.99. The van der Waals surface area contributed by atoms with Crippen LogP contribution in [0.5, 0.6) is 11.5 Å². The van der Waals surface area contributed by atoms with Gasteiger partial charge in [-0.15, -0.1) is 0 Å². The Morgan fingerprint density at radius 1 is 1.18 bits per heavy atom. The number of rotatable bonds is 6. The molecule has 2 aromatic carbocycles. The van der Waals surface area contributed by atoms with Crippen LogP contribution >= 0.6 is 11.6 Å². The number of hydrazone groups is 1.